The first-order valence-electron chi connectivity index (χ1n) is 8.61. The van der Waals surface area contributed by atoms with Gasteiger partial charge in [-0.1, -0.05) is 0 Å². The predicted molar refractivity (Wildman–Crippen MR) is 100 cm³/mol. The van der Waals surface area contributed by atoms with E-state index in [-0.39, 0.29) is 28.2 Å². The van der Waals surface area contributed by atoms with Crippen molar-refractivity contribution in [2.24, 2.45) is 0 Å². The van der Waals surface area contributed by atoms with Crippen molar-refractivity contribution in [3.8, 4) is 28.6 Å². The molecule has 1 fully saturated rings. The quantitative estimate of drug-likeness (QED) is 0.513. The molecule has 7 heteroatoms. The van der Waals surface area contributed by atoms with Crippen molar-refractivity contribution in [2.45, 2.75) is 19.4 Å². The van der Waals surface area contributed by atoms with E-state index in [0.29, 0.717) is 30.8 Å². The first kappa shape index (κ1) is 17.2. The number of fused-ring (bicyclic) bond motifs is 1. The maximum atomic E-state index is 12.8. The third-order valence-electron chi connectivity index (χ3n) is 4.83. The Morgan fingerprint density at radius 2 is 1.89 bits per heavy atom. The highest BCUT2D eigenvalue weighted by Gasteiger charge is 2.25. The molecule has 1 aromatic heterocycles. The number of aliphatic hydroxyl groups is 1. The van der Waals surface area contributed by atoms with Gasteiger partial charge in [0.25, 0.3) is 0 Å². The first-order valence-corrected chi connectivity index (χ1v) is 8.61. The van der Waals surface area contributed by atoms with E-state index in [0.717, 1.165) is 5.56 Å². The van der Waals surface area contributed by atoms with Gasteiger partial charge in [-0.25, -0.2) is 0 Å². The summed E-state index contributed by atoms with van der Waals surface area (Å²) in [6.07, 6.45) is 0.175. The number of benzene rings is 2. The van der Waals surface area contributed by atoms with Crippen LogP contribution < -0.4 is 10.3 Å². The molecule has 0 radical (unpaired) electrons. The number of phenols is 2. The van der Waals surface area contributed by atoms with Crippen LogP contribution in [0.1, 0.15) is 12.0 Å². The SMILES string of the molecule is Cc1cc(N2CCC(O)C2)c2oc(-c3ccc(O)c(O)c3)c(O)c(=O)c2c1. The highest BCUT2D eigenvalue weighted by Crippen LogP contribution is 2.38. The molecule has 1 unspecified atom stereocenters. The Kier molecular flexibility index (Phi) is 3.96. The van der Waals surface area contributed by atoms with Crippen LogP contribution in [0.15, 0.2) is 39.5 Å². The molecule has 2 aromatic carbocycles. The monoisotopic (exact) mass is 369 g/mol. The summed E-state index contributed by atoms with van der Waals surface area (Å²) in [6.45, 7) is 2.90. The fourth-order valence-corrected chi connectivity index (χ4v) is 3.47. The Balaban J connectivity index is 1.99. The van der Waals surface area contributed by atoms with Gasteiger partial charge in [-0.05, 0) is 49.2 Å². The van der Waals surface area contributed by atoms with Gasteiger partial charge in [0.2, 0.25) is 11.2 Å². The van der Waals surface area contributed by atoms with E-state index in [1.165, 1.54) is 18.2 Å². The number of aryl methyl sites for hydroxylation is 1. The van der Waals surface area contributed by atoms with Crippen molar-refractivity contribution in [1.82, 2.24) is 0 Å². The third-order valence-corrected chi connectivity index (χ3v) is 4.83. The van der Waals surface area contributed by atoms with E-state index in [2.05, 4.69) is 0 Å². The number of aliphatic hydroxyl groups excluding tert-OH is 1. The average molecular weight is 369 g/mol. The molecule has 2 heterocycles. The molecule has 4 N–H and O–H groups in total. The van der Waals surface area contributed by atoms with Crippen molar-refractivity contribution < 1.29 is 24.8 Å². The van der Waals surface area contributed by atoms with Gasteiger partial charge in [0.05, 0.1) is 17.2 Å². The molecule has 1 aliphatic heterocycles. The summed E-state index contributed by atoms with van der Waals surface area (Å²) in [6, 6.07) is 7.42. The van der Waals surface area contributed by atoms with Gasteiger partial charge in [0, 0.05) is 18.7 Å². The van der Waals surface area contributed by atoms with Crippen molar-refractivity contribution in [1.29, 1.82) is 0 Å². The van der Waals surface area contributed by atoms with Gasteiger partial charge in [-0.15, -0.1) is 0 Å². The molecule has 7 nitrogen and oxygen atoms in total. The van der Waals surface area contributed by atoms with Gasteiger partial charge in [0.1, 0.15) is 0 Å². The average Bonchev–Trinajstić information content (AvgIpc) is 3.06. The summed E-state index contributed by atoms with van der Waals surface area (Å²) in [7, 11) is 0. The van der Waals surface area contributed by atoms with Crippen molar-refractivity contribution in [3.63, 3.8) is 0 Å². The number of β-amino-alcohol motifs (C(OH)–C–C–N with tert-alkyl or cyclic N) is 1. The minimum Gasteiger partial charge on any atom is -0.504 e. The van der Waals surface area contributed by atoms with Gasteiger partial charge in [-0.3, -0.25) is 4.79 Å². The summed E-state index contributed by atoms with van der Waals surface area (Å²) < 4.78 is 5.92. The van der Waals surface area contributed by atoms with E-state index in [4.69, 9.17) is 4.42 Å². The van der Waals surface area contributed by atoms with Crippen LogP contribution in [0.4, 0.5) is 5.69 Å². The topological polar surface area (TPSA) is 114 Å². The second-order valence-corrected chi connectivity index (χ2v) is 6.86. The second kappa shape index (κ2) is 6.21. The molecule has 0 spiro atoms. The second-order valence-electron chi connectivity index (χ2n) is 6.86. The lowest BCUT2D eigenvalue weighted by Gasteiger charge is -2.20. The summed E-state index contributed by atoms with van der Waals surface area (Å²) in [5, 5.41) is 39.7. The molecular weight excluding hydrogens is 350 g/mol. The Morgan fingerprint density at radius 1 is 1.11 bits per heavy atom. The van der Waals surface area contributed by atoms with Crippen LogP contribution in [0.2, 0.25) is 0 Å². The molecule has 27 heavy (non-hydrogen) atoms. The highest BCUT2D eigenvalue weighted by atomic mass is 16.4. The zero-order valence-corrected chi connectivity index (χ0v) is 14.6. The minimum atomic E-state index is -0.580. The van der Waals surface area contributed by atoms with Crippen molar-refractivity contribution in [2.75, 3.05) is 18.0 Å². The van der Waals surface area contributed by atoms with Crippen LogP contribution in [0.3, 0.4) is 0 Å². The highest BCUT2D eigenvalue weighted by molar-refractivity contribution is 5.92. The third kappa shape index (κ3) is 2.86. The summed E-state index contributed by atoms with van der Waals surface area (Å²) >= 11 is 0. The molecule has 1 aliphatic rings. The summed E-state index contributed by atoms with van der Waals surface area (Å²) in [5.41, 5.74) is 1.49. The zero-order chi connectivity index (χ0) is 19.3. The maximum Gasteiger partial charge on any atom is 0.235 e. The maximum absolute atomic E-state index is 12.8. The van der Waals surface area contributed by atoms with Crippen molar-refractivity contribution in [3.05, 3.63) is 46.1 Å². The molecule has 140 valence electrons. The van der Waals surface area contributed by atoms with Crippen molar-refractivity contribution >= 4 is 16.7 Å². The van der Waals surface area contributed by atoms with Gasteiger partial charge in [0.15, 0.2) is 22.8 Å². The van der Waals surface area contributed by atoms with Crippen LogP contribution in [0.25, 0.3) is 22.3 Å². The van der Waals surface area contributed by atoms with Crippen LogP contribution >= 0.6 is 0 Å². The fraction of sp³-hybridized carbons (Fsp3) is 0.250. The fourth-order valence-electron chi connectivity index (χ4n) is 3.47. The van der Waals surface area contributed by atoms with E-state index >= 15 is 0 Å². The molecule has 1 saturated heterocycles. The standard InChI is InChI=1S/C20H19NO6/c1-10-6-13-17(25)18(26)19(11-2-3-15(23)16(24)8-11)27-20(13)14(7-10)21-5-4-12(22)9-21/h2-3,6-8,12,22-24,26H,4-5,9H2,1H3. The molecule has 0 aliphatic carbocycles. The Labute approximate surface area is 154 Å². The number of phenolic OH excluding ortho intramolecular Hbond substituents is 2. The predicted octanol–water partition coefficient (Wildman–Crippen LogP) is 2.46. The summed E-state index contributed by atoms with van der Waals surface area (Å²) in [4.78, 5) is 14.7. The number of hydrogen-bond acceptors (Lipinski definition) is 7. The van der Waals surface area contributed by atoms with Gasteiger partial charge in [-0.2, -0.15) is 0 Å². The van der Waals surface area contributed by atoms with E-state index < -0.39 is 17.3 Å². The Bertz CT molecular complexity index is 1100. The van der Waals surface area contributed by atoms with Gasteiger partial charge >= 0.3 is 0 Å². The molecule has 0 bridgehead atoms. The lowest BCUT2D eigenvalue weighted by molar-refractivity contribution is 0.198. The smallest absolute Gasteiger partial charge is 0.235 e. The number of anilines is 1. The minimum absolute atomic E-state index is 0.0901. The molecule has 1 atom stereocenters. The van der Waals surface area contributed by atoms with Crippen LogP contribution in [0, 0.1) is 6.92 Å². The molecule has 4 rings (SSSR count). The lowest BCUT2D eigenvalue weighted by atomic mass is 10.1. The summed E-state index contributed by atoms with van der Waals surface area (Å²) in [5.74, 6) is -1.36. The Hall–Kier alpha value is -3.19. The molecule has 0 saturated carbocycles. The molecule has 3 aromatic rings. The van der Waals surface area contributed by atoms with Crippen LogP contribution in [-0.4, -0.2) is 39.6 Å². The number of aromatic hydroxyl groups is 3. The number of rotatable bonds is 2. The van der Waals surface area contributed by atoms with Crippen LogP contribution in [-0.2, 0) is 0 Å². The van der Waals surface area contributed by atoms with E-state index in [9.17, 15) is 25.2 Å². The lowest BCUT2D eigenvalue weighted by Crippen LogP contribution is -2.22. The molecule has 0 amide bonds. The first-order chi connectivity index (χ1) is 12.8. The number of nitrogens with zero attached hydrogens (tertiary/aromatic N) is 1. The zero-order valence-electron chi connectivity index (χ0n) is 14.6. The van der Waals surface area contributed by atoms with E-state index in [1.54, 1.807) is 6.07 Å². The normalized spacial score (nSPS) is 17.0. The van der Waals surface area contributed by atoms with E-state index in [1.807, 2.05) is 17.9 Å². The largest absolute Gasteiger partial charge is 0.504 e. The Morgan fingerprint density at radius 3 is 2.56 bits per heavy atom. The van der Waals surface area contributed by atoms with Crippen LogP contribution in [0.5, 0.6) is 17.2 Å². The van der Waals surface area contributed by atoms with Gasteiger partial charge < -0.3 is 29.7 Å². The number of hydrogen-bond donors (Lipinski definition) is 4. The molecular formula is C20H19NO6.